The van der Waals surface area contributed by atoms with Gasteiger partial charge in [-0.1, -0.05) is 63.7 Å². The Hall–Kier alpha value is -3.65. The van der Waals surface area contributed by atoms with Crippen molar-refractivity contribution >= 4 is 5.97 Å². The van der Waals surface area contributed by atoms with E-state index < -0.39 is 17.6 Å². The molecular weight excluding hydrogens is 458 g/mol. The van der Waals surface area contributed by atoms with Gasteiger partial charge in [-0.3, -0.25) is 0 Å². The Morgan fingerprint density at radius 1 is 0.694 bits per heavy atom. The van der Waals surface area contributed by atoms with Gasteiger partial charge in [0.15, 0.2) is 0 Å². The quantitative estimate of drug-likeness (QED) is 0.111. The maximum Gasteiger partial charge on any atom is 0.343 e. The Bertz CT molecular complexity index is 1140. The van der Waals surface area contributed by atoms with Crippen LogP contribution in [0.2, 0.25) is 0 Å². The van der Waals surface area contributed by atoms with E-state index in [1.807, 2.05) is 24.3 Å². The standard InChI is InChI=1S/C31H32F2O3/c1-2-3-4-5-6-7-8-9-20-35-29-18-14-25(15-19-29)11-10-24-12-16-26(17-13-24)31(34)36-30-22-27(32)21-28(33)23-30/h12-19,21-23H,2-9,20H2,1H3. The van der Waals surface area contributed by atoms with Gasteiger partial charge < -0.3 is 9.47 Å². The first-order valence-corrected chi connectivity index (χ1v) is 12.6. The predicted octanol–water partition coefficient (Wildman–Crippen LogP) is 8.10. The lowest BCUT2D eigenvalue weighted by atomic mass is 10.1. The summed E-state index contributed by atoms with van der Waals surface area (Å²) in [4.78, 5) is 12.2. The summed E-state index contributed by atoms with van der Waals surface area (Å²) in [5, 5.41) is 0. The molecule has 0 spiro atoms. The third-order valence-electron chi connectivity index (χ3n) is 5.64. The Balaban J connectivity index is 1.42. The Labute approximate surface area is 212 Å². The monoisotopic (exact) mass is 490 g/mol. The molecule has 0 atom stereocenters. The number of benzene rings is 3. The van der Waals surface area contributed by atoms with Crippen LogP contribution in [-0.4, -0.2) is 12.6 Å². The Morgan fingerprint density at radius 3 is 1.81 bits per heavy atom. The SMILES string of the molecule is CCCCCCCCCCOc1ccc(C#Cc2ccc(C(=O)Oc3cc(F)cc(F)c3)cc2)cc1. The van der Waals surface area contributed by atoms with Crippen molar-refractivity contribution in [2.75, 3.05) is 6.61 Å². The average molecular weight is 491 g/mol. The minimum absolute atomic E-state index is 0.188. The molecule has 0 unspecified atom stereocenters. The van der Waals surface area contributed by atoms with E-state index in [0.29, 0.717) is 6.07 Å². The molecule has 5 heteroatoms. The molecule has 3 aromatic carbocycles. The lowest BCUT2D eigenvalue weighted by Crippen LogP contribution is -2.08. The van der Waals surface area contributed by atoms with E-state index in [-0.39, 0.29) is 11.3 Å². The van der Waals surface area contributed by atoms with Crippen molar-refractivity contribution in [3.63, 3.8) is 0 Å². The number of hydrogen-bond donors (Lipinski definition) is 0. The van der Waals surface area contributed by atoms with Gasteiger partial charge in [0.2, 0.25) is 0 Å². The van der Waals surface area contributed by atoms with Crippen molar-refractivity contribution in [2.45, 2.75) is 58.3 Å². The fourth-order valence-corrected chi connectivity index (χ4v) is 3.65. The largest absolute Gasteiger partial charge is 0.494 e. The summed E-state index contributed by atoms with van der Waals surface area (Å²) in [5.41, 5.74) is 1.83. The van der Waals surface area contributed by atoms with E-state index >= 15 is 0 Å². The predicted molar refractivity (Wildman–Crippen MR) is 138 cm³/mol. The smallest absolute Gasteiger partial charge is 0.343 e. The summed E-state index contributed by atoms with van der Waals surface area (Å²) in [7, 11) is 0. The van der Waals surface area contributed by atoms with Gasteiger partial charge in [0, 0.05) is 29.3 Å². The summed E-state index contributed by atoms with van der Waals surface area (Å²) in [6.45, 7) is 2.96. The maximum absolute atomic E-state index is 13.3. The Morgan fingerprint density at radius 2 is 1.22 bits per heavy atom. The van der Waals surface area contributed by atoms with Crippen molar-refractivity contribution in [1.82, 2.24) is 0 Å². The van der Waals surface area contributed by atoms with Crippen molar-refractivity contribution in [2.24, 2.45) is 0 Å². The first kappa shape index (κ1) is 26.9. The highest BCUT2D eigenvalue weighted by Crippen LogP contribution is 2.18. The van der Waals surface area contributed by atoms with Gasteiger partial charge >= 0.3 is 5.97 Å². The molecule has 0 amide bonds. The van der Waals surface area contributed by atoms with Gasteiger partial charge in [0.05, 0.1) is 12.2 Å². The topological polar surface area (TPSA) is 35.5 Å². The molecule has 0 aliphatic carbocycles. The molecule has 0 bridgehead atoms. The van der Waals surface area contributed by atoms with E-state index in [2.05, 4.69) is 18.8 Å². The third kappa shape index (κ3) is 9.54. The average Bonchev–Trinajstić information content (AvgIpc) is 2.87. The van der Waals surface area contributed by atoms with Crippen LogP contribution >= 0.6 is 0 Å². The molecule has 0 saturated carbocycles. The van der Waals surface area contributed by atoms with Gasteiger partial charge in [-0.2, -0.15) is 0 Å². The van der Waals surface area contributed by atoms with E-state index in [0.717, 1.165) is 42.0 Å². The Kier molecular flexibility index (Phi) is 11.0. The number of carbonyl (C=O) groups excluding carboxylic acids is 1. The first-order chi connectivity index (χ1) is 17.5. The van der Waals surface area contributed by atoms with Crippen molar-refractivity contribution in [3.05, 3.63) is 95.1 Å². The minimum atomic E-state index is -0.813. The molecule has 0 N–H and O–H groups in total. The molecular formula is C31H32F2O3. The second kappa shape index (κ2) is 14.7. The van der Waals surface area contributed by atoms with Crippen LogP contribution in [-0.2, 0) is 0 Å². The number of halogens is 2. The molecule has 3 nitrogen and oxygen atoms in total. The summed E-state index contributed by atoms with van der Waals surface area (Å²) in [6.07, 6.45) is 10.2. The van der Waals surface area contributed by atoms with Crippen LogP contribution < -0.4 is 9.47 Å². The van der Waals surface area contributed by atoms with E-state index in [1.165, 1.54) is 44.9 Å². The summed E-state index contributed by atoms with van der Waals surface area (Å²) < 4.78 is 37.4. The van der Waals surface area contributed by atoms with Crippen molar-refractivity contribution in [1.29, 1.82) is 0 Å². The molecule has 0 saturated heterocycles. The highest BCUT2D eigenvalue weighted by atomic mass is 19.1. The molecule has 0 aliphatic heterocycles. The van der Waals surface area contributed by atoms with Gasteiger partial charge in [0.1, 0.15) is 23.1 Å². The zero-order chi connectivity index (χ0) is 25.6. The lowest BCUT2D eigenvalue weighted by molar-refractivity contribution is 0.0734. The number of carbonyl (C=O) groups is 1. The number of esters is 1. The lowest BCUT2D eigenvalue weighted by Gasteiger charge is -2.06. The zero-order valence-corrected chi connectivity index (χ0v) is 20.7. The van der Waals surface area contributed by atoms with Crippen LogP contribution in [0.3, 0.4) is 0 Å². The highest BCUT2D eigenvalue weighted by Gasteiger charge is 2.10. The highest BCUT2D eigenvalue weighted by molar-refractivity contribution is 5.91. The van der Waals surface area contributed by atoms with Gasteiger partial charge in [-0.05, 0) is 55.0 Å². The molecule has 0 aliphatic rings. The minimum Gasteiger partial charge on any atom is -0.494 e. The zero-order valence-electron chi connectivity index (χ0n) is 20.7. The molecule has 0 radical (unpaired) electrons. The van der Waals surface area contributed by atoms with E-state index in [4.69, 9.17) is 9.47 Å². The molecule has 3 rings (SSSR count). The van der Waals surface area contributed by atoms with Crippen LogP contribution in [0.25, 0.3) is 0 Å². The molecule has 188 valence electrons. The van der Waals surface area contributed by atoms with Gasteiger partial charge in [-0.15, -0.1) is 0 Å². The summed E-state index contributed by atoms with van der Waals surface area (Å²) in [5.74, 6) is 4.46. The molecule has 0 heterocycles. The first-order valence-electron chi connectivity index (χ1n) is 12.6. The molecule has 3 aromatic rings. The normalized spacial score (nSPS) is 10.4. The van der Waals surface area contributed by atoms with Gasteiger partial charge in [-0.25, -0.2) is 13.6 Å². The van der Waals surface area contributed by atoms with E-state index in [9.17, 15) is 13.6 Å². The van der Waals surface area contributed by atoms with Crippen LogP contribution in [0.4, 0.5) is 8.78 Å². The second-order valence-electron chi connectivity index (χ2n) is 8.67. The number of unbranched alkanes of at least 4 members (excludes halogenated alkanes) is 7. The van der Waals surface area contributed by atoms with Crippen LogP contribution in [0.15, 0.2) is 66.7 Å². The molecule has 0 aromatic heterocycles. The number of hydrogen-bond acceptors (Lipinski definition) is 3. The third-order valence-corrected chi connectivity index (χ3v) is 5.64. The van der Waals surface area contributed by atoms with Crippen LogP contribution in [0, 0.1) is 23.5 Å². The van der Waals surface area contributed by atoms with Gasteiger partial charge in [0.25, 0.3) is 0 Å². The fraction of sp³-hybridized carbons (Fsp3) is 0.323. The van der Waals surface area contributed by atoms with Crippen molar-refractivity contribution < 1.29 is 23.0 Å². The van der Waals surface area contributed by atoms with Crippen molar-refractivity contribution in [3.8, 4) is 23.3 Å². The van der Waals surface area contributed by atoms with Crippen LogP contribution in [0.5, 0.6) is 11.5 Å². The molecule has 36 heavy (non-hydrogen) atoms. The van der Waals surface area contributed by atoms with E-state index in [1.54, 1.807) is 24.3 Å². The second-order valence-corrected chi connectivity index (χ2v) is 8.67. The summed E-state index contributed by atoms with van der Waals surface area (Å²) >= 11 is 0. The number of ether oxygens (including phenoxy) is 2. The number of rotatable bonds is 12. The summed E-state index contributed by atoms with van der Waals surface area (Å²) in [6, 6.07) is 16.8. The fourth-order valence-electron chi connectivity index (χ4n) is 3.65. The molecule has 0 fully saturated rings. The maximum atomic E-state index is 13.3. The van der Waals surface area contributed by atoms with Crippen LogP contribution in [0.1, 0.15) is 79.8 Å².